The Balaban J connectivity index is 2.16. The summed E-state index contributed by atoms with van der Waals surface area (Å²) in [5, 5.41) is 2.76. The molecular weight excluding hydrogens is 264 g/mol. The van der Waals surface area contributed by atoms with Crippen LogP contribution in [0.5, 0.6) is 5.88 Å². The Morgan fingerprint density at radius 1 is 1.32 bits per heavy atom. The van der Waals surface area contributed by atoms with Crippen LogP contribution in [0.15, 0.2) is 42.6 Å². The molecule has 4 nitrogen and oxygen atoms in total. The second kappa shape index (κ2) is 6.20. The van der Waals surface area contributed by atoms with Crippen LogP contribution in [0, 0.1) is 0 Å². The number of hydrogen-bond donors (Lipinski definition) is 1. The van der Waals surface area contributed by atoms with Crippen molar-refractivity contribution in [3.8, 4) is 5.88 Å². The largest absolute Gasteiger partial charge is 0.480 e. The monoisotopic (exact) mass is 276 g/mol. The Labute approximate surface area is 116 Å². The molecule has 0 aliphatic rings. The van der Waals surface area contributed by atoms with Gasteiger partial charge in [-0.15, -0.1) is 11.6 Å². The zero-order chi connectivity index (χ0) is 13.7. The van der Waals surface area contributed by atoms with E-state index in [1.54, 1.807) is 30.5 Å². The fourth-order valence-corrected chi connectivity index (χ4v) is 1.77. The zero-order valence-electron chi connectivity index (χ0n) is 10.4. The number of nitrogens with one attached hydrogen (secondary N) is 1. The number of rotatable bonds is 4. The molecule has 5 heteroatoms. The fourth-order valence-electron chi connectivity index (χ4n) is 1.59. The van der Waals surface area contributed by atoms with Crippen molar-refractivity contribution >= 4 is 23.2 Å². The van der Waals surface area contributed by atoms with E-state index in [0.717, 1.165) is 5.56 Å². The van der Waals surface area contributed by atoms with E-state index in [1.165, 1.54) is 7.11 Å². The van der Waals surface area contributed by atoms with Crippen molar-refractivity contribution in [2.45, 2.75) is 5.88 Å². The predicted molar refractivity (Wildman–Crippen MR) is 74.7 cm³/mol. The van der Waals surface area contributed by atoms with Crippen LogP contribution in [0.1, 0.15) is 15.9 Å². The van der Waals surface area contributed by atoms with Crippen LogP contribution in [0.2, 0.25) is 0 Å². The van der Waals surface area contributed by atoms with Crippen molar-refractivity contribution in [1.29, 1.82) is 0 Å². The summed E-state index contributed by atoms with van der Waals surface area (Å²) < 4.78 is 5.08. The average molecular weight is 277 g/mol. The van der Waals surface area contributed by atoms with Gasteiger partial charge in [-0.1, -0.05) is 12.1 Å². The van der Waals surface area contributed by atoms with Gasteiger partial charge in [0.1, 0.15) is 5.69 Å². The molecule has 1 amide bonds. The van der Waals surface area contributed by atoms with E-state index < -0.39 is 0 Å². The van der Waals surface area contributed by atoms with Crippen LogP contribution >= 0.6 is 11.6 Å². The van der Waals surface area contributed by atoms with Gasteiger partial charge in [0.25, 0.3) is 5.91 Å². The van der Waals surface area contributed by atoms with Crippen LogP contribution in [-0.2, 0) is 5.88 Å². The molecule has 2 aromatic rings. The molecule has 0 saturated heterocycles. The SMILES string of the molecule is COc1ncccc1NC(=O)c1ccc(CCl)cc1. The molecule has 0 bridgehead atoms. The third kappa shape index (κ3) is 3.23. The maximum atomic E-state index is 12.1. The van der Waals surface area contributed by atoms with Gasteiger partial charge in [-0.2, -0.15) is 0 Å². The van der Waals surface area contributed by atoms with Gasteiger partial charge in [-0.3, -0.25) is 4.79 Å². The lowest BCUT2D eigenvalue weighted by Crippen LogP contribution is -2.12. The normalized spacial score (nSPS) is 10.0. The number of ether oxygens (including phenoxy) is 1. The summed E-state index contributed by atoms with van der Waals surface area (Å²) in [7, 11) is 1.51. The number of anilines is 1. The van der Waals surface area contributed by atoms with Crippen LogP contribution in [0.25, 0.3) is 0 Å². The highest BCUT2D eigenvalue weighted by Gasteiger charge is 2.09. The van der Waals surface area contributed by atoms with E-state index in [4.69, 9.17) is 16.3 Å². The highest BCUT2D eigenvalue weighted by atomic mass is 35.5. The van der Waals surface area contributed by atoms with Crippen molar-refractivity contribution in [2.24, 2.45) is 0 Å². The molecule has 0 radical (unpaired) electrons. The lowest BCUT2D eigenvalue weighted by Gasteiger charge is -2.08. The summed E-state index contributed by atoms with van der Waals surface area (Å²) in [4.78, 5) is 16.1. The molecule has 0 spiro atoms. The summed E-state index contributed by atoms with van der Waals surface area (Å²) in [6.45, 7) is 0. The third-order valence-corrected chi connectivity index (χ3v) is 2.89. The Hall–Kier alpha value is -2.07. The molecule has 2 rings (SSSR count). The fraction of sp³-hybridized carbons (Fsp3) is 0.143. The lowest BCUT2D eigenvalue weighted by molar-refractivity contribution is 0.102. The van der Waals surface area contributed by atoms with Gasteiger partial charge in [-0.05, 0) is 29.8 Å². The van der Waals surface area contributed by atoms with Crippen LogP contribution in [-0.4, -0.2) is 18.0 Å². The molecule has 0 fully saturated rings. The highest BCUT2D eigenvalue weighted by Crippen LogP contribution is 2.20. The first-order valence-electron chi connectivity index (χ1n) is 5.70. The number of nitrogens with zero attached hydrogens (tertiary/aromatic N) is 1. The third-order valence-electron chi connectivity index (χ3n) is 2.58. The first kappa shape index (κ1) is 13.4. The molecule has 0 unspecified atom stereocenters. The van der Waals surface area contributed by atoms with Crippen LogP contribution in [0.4, 0.5) is 5.69 Å². The Kier molecular flexibility index (Phi) is 4.36. The Bertz CT molecular complexity index is 570. The average Bonchev–Trinajstić information content (AvgIpc) is 2.48. The number of aromatic nitrogens is 1. The van der Waals surface area contributed by atoms with Crippen molar-refractivity contribution in [2.75, 3.05) is 12.4 Å². The molecule has 1 aromatic carbocycles. The highest BCUT2D eigenvalue weighted by molar-refractivity contribution is 6.17. The van der Waals surface area contributed by atoms with E-state index in [9.17, 15) is 4.79 Å². The first-order chi connectivity index (χ1) is 9.24. The number of carbonyl (C=O) groups is 1. The van der Waals surface area contributed by atoms with Crippen LogP contribution in [0.3, 0.4) is 0 Å². The van der Waals surface area contributed by atoms with Crippen molar-refractivity contribution in [1.82, 2.24) is 4.98 Å². The summed E-state index contributed by atoms with van der Waals surface area (Å²) in [5.41, 5.74) is 2.06. The molecular formula is C14H13ClN2O2. The maximum Gasteiger partial charge on any atom is 0.255 e. The van der Waals surface area contributed by atoms with Crippen LogP contribution < -0.4 is 10.1 Å². The summed E-state index contributed by atoms with van der Waals surface area (Å²) in [6, 6.07) is 10.6. The number of hydrogen-bond acceptors (Lipinski definition) is 3. The van der Waals surface area contributed by atoms with E-state index in [2.05, 4.69) is 10.3 Å². The quantitative estimate of drug-likeness (QED) is 0.873. The minimum atomic E-state index is -0.215. The van der Waals surface area contributed by atoms with Gasteiger partial charge < -0.3 is 10.1 Å². The number of alkyl halides is 1. The van der Waals surface area contributed by atoms with Gasteiger partial charge in [0.2, 0.25) is 5.88 Å². The molecule has 1 N–H and O–H groups in total. The van der Waals surface area contributed by atoms with Gasteiger partial charge in [0, 0.05) is 17.6 Å². The second-order valence-corrected chi connectivity index (χ2v) is 4.11. The Morgan fingerprint density at radius 3 is 2.68 bits per heavy atom. The maximum absolute atomic E-state index is 12.1. The van der Waals surface area contributed by atoms with Gasteiger partial charge >= 0.3 is 0 Å². The number of pyridine rings is 1. The van der Waals surface area contributed by atoms with Crippen molar-refractivity contribution in [3.63, 3.8) is 0 Å². The molecule has 0 saturated carbocycles. The summed E-state index contributed by atoms with van der Waals surface area (Å²) in [6.07, 6.45) is 1.60. The molecule has 1 aromatic heterocycles. The number of benzene rings is 1. The van der Waals surface area contributed by atoms with E-state index in [1.807, 2.05) is 12.1 Å². The number of amides is 1. The first-order valence-corrected chi connectivity index (χ1v) is 6.23. The smallest absolute Gasteiger partial charge is 0.255 e. The van der Waals surface area contributed by atoms with Crippen molar-refractivity contribution in [3.05, 3.63) is 53.7 Å². The molecule has 0 atom stereocenters. The minimum absolute atomic E-state index is 0.215. The van der Waals surface area contributed by atoms with Gasteiger partial charge in [0.15, 0.2) is 0 Å². The van der Waals surface area contributed by atoms with E-state index in [0.29, 0.717) is 23.0 Å². The van der Waals surface area contributed by atoms with Gasteiger partial charge in [-0.25, -0.2) is 4.98 Å². The topological polar surface area (TPSA) is 51.2 Å². The predicted octanol–water partition coefficient (Wildman–Crippen LogP) is 3.08. The minimum Gasteiger partial charge on any atom is -0.480 e. The van der Waals surface area contributed by atoms with E-state index >= 15 is 0 Å². The van der Waals surface area contributed by atoms with E-state index in [-0.39, 0.29) is 5.91 Å². The lowest BCUT2D eigenvalue weighted by atomic mass is 10.1. The number of methoxy groups -OCH3 is 1. The number of carbonyl (C=O) groups excluding carboxylic acids is 1. The summed E-state index contributed by atoms with van der Waals surface area (Å²) >= 11 is 5.70. The van der Waals surface area contributed by atoms with Crippen molar-refractivity contribution < 1.29 is 9.53 Å². The molecule has 0 aliphatic carbocycles. The standard InChI is InChI=1S/C14H13ClN2O2/c1-19-14-12(3-2-8-16-14)17-13(18)11-6-4-10(9-15)5-7-11/h2-8H,9H2,1H3,(H,17,18). The summed E-state index contributed by atoms with van der Waals surface area (Å²) in [5.74, 6) is 0.596. The molecule has 1 heterocycles. The zero-order valence-corrected chi connectivity index (χ0v) is 11.1. The molecule has 19 heavy (non-hydrogen) atoms. The van der Waals surface area contributed by atoms with Gasteiger partial charge in [0.05, 0.1) is 7.11 Å². The molecule has 0 aliphatic heterocycles. The Morgan fingerprint density at radius 2 is 2.05 bits per heavy atom. The number of halogens is 1. The molecule has 98 valence electrons. The second-order valence-electron chi connectivity index (χ2n) is 3.84.